The Morgan fingerprint density at radius 3 is 1.54 bits per heavy atom. The third-order valence-corrected chi connectivity index (χ3v) is 9.69. The van der Waals surface area contributed by atoms with Crippen LogP contribution in [0.1, 0.15) is 0 Å². The zero-order valence-corrected chi connectivity index (χ0v) is 26.0. The van der Waals surface area contributed by atoms with E-state index < -0.39 is 0 Å². The van der Waals surface area contributed by atoms with Gasteiger partial charge < -0.3 is 8.83 Å². The summed E-state index contributed by atoms with van der Waals surface area (Å²) < 4.78 is 13.2. The predicted octanol–water partition coefficient (Wildman–Crippen LogP) is 13.3. The zero-order chi connectivity index (χ0) is 31.6. The summed E-state index contributed by atoms with van der Waals surface area (Å²) in [7, 11) is 0. The largest absolute Gasteiger partial charge is 0.452 e. The molecule has 0 aliphatic rings. The summed E-state index contributed by atoms with van der Waals surface area (Å²) in [5.41, 5.74) is 10.7. The Bertz CT molecular complexity index is 2760. The van der Waals surface area contributed by atoms with E-state index >= 15 is 0 Å². The van der Waals surface area contributed by atoms with Gasteiger partial charge in [0, 0.05) is 21.7 Å². The Hall–Kier alpha value is -6.38. The smallest absolute Gasteiger partial charge is 0.178 e. The van der Waals surface area contributed by atoms with E-state index in [1.807, 2.05) is 18.2 Å². The molecule has 0 amide bonds. The average Bonchev–Trinajstić information content (AvgIpc) is 3.77. The van der Waals surface area contributed by atoms with Crippen LogP contribution in [-0.4, -0.2) is 0 Å². The molecular weight excluding hydrogens is 585 g/mol. The molecule has 0 bridgehead atoms. The van der Waals surface area contributed by atoms with E-state index in [0.717, 1.165) is 49.8 Å². The molecule has 224 valence electrons. The number of benzene rings is 8. The van der Waals surface area contributed by atoms with Crippen LogP contribution >= 0.6 is 0 Å². The molecule has 8 aromatic carbocycles. The normalized spacial score (nSPS) is 11.8. The van der Waals surface area contributed by atoms with Gasteiger partial charge in [0.15, 0.2) is 11.2 Å². The van der Waals surface area contributed by atoms with Gasteiger partial charge in [-0.3, -0.25) is 0 Å². The molecule has 2 aromatic heterocycles. The second-order valence-corrected chi connectivity index (χ2v) is 12.4. The lowest BCUT2D eigenvalue weighted by molar-refractivity contribution is 0.611. The molecule has 0 unspecified atom stereocenters. The predicted molar refractivity (Wildman–Crippen MR) is 200 cm³/mol. The van der Waals surface area contributed by atoms with Gasteiger partial charge in [0.25, 0.3) is 0 Å². The molecule has 2 heterocycles. The van der Waals surface area contributed by atoms with Gasteiger partial charge in [0.05, 0.1) is 0 Å². The van der Waals surface area contributed by atoms with Crippen LogP contribution in [-0.2, 0) is 0 Å². The lowest BCUT2D eigenvalue weighted by Gasteiger charge is -2.20. The summed E-state index contributed by atoms with van der Waals surface area (Å²) in [6.07, 6.45) is 0. The number of furan rings is 2. The van der Waals surface area contributed by atoms with Gasteiger partial charge in [-0.1, -0.05) is 152 Å². The van der Waals surface area contributed by atoms with Crippen molar-refractivity contribution in [2.45, 2.75) is 0 Å². The van der Waals surface area contributed by atoms with E-state index in [9.17, 15) is 0 Å². The van der Waals surface area contributed by atoms with Crippen LogP contribution in [0.2, 0.25) is 0 Å². The Labute approximate surface area is 277 Å². The Kier molecular flexibility index (Phi) is 5.91. The van der Waals surface area contributed by atoms with Crippen molar-refractivity contribution in [2.24, 2.45) is 0 Å². The first-order chi connectivity index (χ1) is 23.8. The lowest BCUT2D eigenvalue weighted by Crippen LogP contribution is -1.93. The van der Waals surface area contributed by atoms with Gasteiger partial charge in [0.2, 0.25) is 0 Å². The second kappa shape index (κ2) is 10.6. The molecule has 0 spiro atoms. The first-order valence-corrected chi connectivity index (χ1v) is 16.4. The molecule has 48 heavy (non-hydrogen) atoms. The quantitative estimate of drug-likeness (QED) is 0.185. The van der Waals surface area contributed by atoms with Crippen molar-refractivity contribution < 1.29 is 8.83 Å². The molecule has 0 aliphatic heterocycles. The summed E-state index contributed by atoms with van der Waals surface area (Å²) >= 11 is 0. The van der Waals surface area contributed by atoms with Crippen LogP contribution in [0, 0.1) is 0 Å². The van der Waals surface area contributed by atoms with Crippen LogP contribution in [0.4, 0.5) is 0 Å². The van der Waals surface area contributed by atoms with E-state index in [2.05, 4.69) is 152 Å². The van der Waals surface area contributed by atoms with Crippen molar-refractivity contribution in [3.8, 4) is 44.7 Å². The van der Waals surface area contributed by atoms with Crippen molar-refractivity contribution in [1.82, 2.24) is 0 Å². The van der Waals surface area contributed by atoms with Crippen molar-refractivity contribution in [3.05, 3.63) is 170 Å². The summed E-state index contributed by atoms with van der Waals surface area (Å²) in [6.45, 7) is 0. The average molecular weight is 613 g/mol. The minimum atomic E-state index is 0.774. The molecule has 0 atom stereocenters. The first-order valence-electron chi connectivity index (χ1n) is 16.4. The lowest BCUT2D eigenvalue weighted by atomic mass is 9.83. The van der Waals surface area contributed by atoms with Crippen molar-refractivity contribution in [3.63, 3.8) is 0 Å². The highest BCUT2D eigenvalue weighted by Gasteiger charge is 2.22. The zero-order valence-electron chi connectivity index (χ0n) is 26.0. The third kappa shape index (κ3) is 4.00. The highest BCUT2D eigenvalue weighted by molar-refractivity contribution is 6.27. The highest BCUT2D eigenvalue weighted by atomic mass is 16.4. The molecule has 10 aromatic rings. The molecule has 0 saturated heterocycles. The van der Waals surface area contributed by atoms with Crippen LogP contribution < -0.4 is 0 Å². The van der Waals surface area contributed by atoms with E-state index in [1.54, 1.807) is 0 Å². The number of fused-ring (bicyclic) bond motifs is 7. The van der Waals surface area contributed by atoms with Crippen LogP contribution in [0.15, 0.2) is 179 Å². The summed E-state index contributed by atoms with van der Waals surface area (Å²) in [5.74, 6) is 0.835. The molecule has 0 aliphatic carbocycles. The Balaban J connectivity index is 1.28. The van der Waals surface area contributed by atoms with Gasteiger partial charge in [-0.05, 0) is 73.1 Å². The van der Waals surface area contributed by atoms with Crippen molar-refractivity contribution in [2.75, 3.05) is 0 Å². The fourth-order valence-corrected chi connectivity index (χ4v) is 7.61. The molecule has 2 heteroatoms. The van der Waals surface area contributed by atoms with Gasteiger partial charge in [0.1, 0.15) is 11.3 Å². The van der Waals surface area contributed by atoms with E-state index in [4.69, 9.17) is 8.83 Å². The van der Waals surface area contributed by atoms with E-state index in [0.29, 0.717) is 0 Å². The van der Waals surface area contributed by atoms with E-state index in [-0.39, 0.29) is 0 Å². The monoisotopic (exact) mass is 612 g/mol. The molecule has 10 rings (SSSR count). The minimum absolute atomic E-state index is 0.774. The maximum Gasteiger partial charge on any atom is 0.178 e. The maximum absolute atomic E-state index is 6.67. The van der Waals surface area contributed by atoms with Crippen LogP contribution in [0.25, 0.3) is 99.2 Å². The number of hydrogen-bond donors (Lipinski definition) is 0. The molecular formula is C46H28O2. The number of hydrogen-bond acceptors (Lipinski definition) is 2. The van der Waals surface area contributed by atoms with E-state index in [1.165, 1.54) is 49.4 Å². The van der Waals surface area contributed by atoms with Gasteiger partial charge in [-0.2, -0.15) is 0 Å². The molecule has 0 saturated carbocycles. The molecule has 2 nitrogen and oxygen atoms in total. The van der Waals surface area contributed by atoms with Crippen molar-refractivity contribution >= 4 is 54.5 Å². The topological polar surface area (TPSA) is 26.3 Å². The van der Waals surface area contributed by atoms with Crippen LogP contribution in [0.5, 0.6) is 0 Å². The van der Waals surface area contributed by atoms with Crippen molar-refractivity contribution in [1.29, 1.82) is 0 Å². The fourth-order valence-electron chi connectivity index (χ4n) is 7.61. The van der Waals surface area contributed by atoms with Gasteiger partial charge in [-0.25, -0.2) is 0 Å². The molecule has 0 radical (unpaired) electrons. The SMILES string of the molecule is c1ccc(-c2cc3ccc4c(oc5cccc(-c6c7ccccc7c(-c7ccccc7-c7ccccc7)c7ccccc67)c54)c3o2)cc1. The van der Waals surface area contributed by atoms with Gasteiger partial charge in [-0.15, -0.1) is 0 Å². The Morgan fingerprint density at radius 2 is 0.875 bits per heavy atom. The summed E-state index contributed by atoms with van der Waals surface area (Å²) in [5, 5.41) is 8.04. The second-order valence-electron chi connectivity index (χ2n) is 12.4. The fraction of sp³-hybridized carbons (Fsp3) is 0. The Morgan fingerprint density at radius 1 is 0.333 bits per heavy atom. The standard InChI is InChI=1S/C46H28O2/c1-3-14-29(15-4-1)32-18-7-8-19-33(32)42-34-20-9-11-22-36(34)43(37-23-12-10-21-35(37)42)38-24-13-25-40-44(38)39-27-26-31-28-41(30-16-5-2-6-17-30)48-45(31)46(39)47-40/h1-28H. The summed E-state index contributed by atoms with van der Waals surface area (Å²) in [4.78, 5) is 0. The first kappa shape index (κ1) is 26.8. The highest BCUT2D eigenvalue weighted by Crippen LogP contribution is 2.49. The van der Waals surface area contributed by atoms with Crippen LogP contribution in [0.3, 0.4) is 0 Å². The third-order valence-electron chi connectivity index (χ3n) is 9.69. The molecule has 0 N–H and O–H groups in total. The molecule has 0 fully saturated rings. The maximum atomic E-state index is 6.67. The number of rotatable bonds is 4. The minimum Gasteiger partial charge on any atom is -0.452 e. The summed E-state index contributed by atoms with van der Waals surface area (Å²) in [6, 6.07) is 60.3. The van der Waals surface area contributed by atoms with Gasteiger partial charge >= 0.3 is 0 Å².